The Hall–Kier alpha value is -0.650. The largest absolute Gasteiger partial charge is 0.467 e. The molecule has 0 aromatic heterocycles. The van der Waals surface area contributed by atoms with Gasteiger partial charge in [-0.3, -0.25) is 4.90 Å². The average Bonchev–Trinajstić information content (AvgIpc) is 2.22. The molecule has 1 saturated heterocycles. The van der Waals surface area contributed by atoms with Crippen molar-refractivity contribution in [3.63, 3.8) is 0 Å². The van der Waals surface area contributed by atoms with Gasteiger partial charge in [-0.15, -0.1) is 0 Å². The Morgan fingerprint density at radius 1 is 1.69 bits per heavy atom. The highest BCUT2D eigenvalue weighted by Gasteiger charge is 2.35. The highest BCUT2D eigenvalue weighted by atomic mass is 16.5. The summed E-state index contributed by atoms with van der Waals surface area (Å²) in [5.74, 6) is -0.0981. The molecule has 0 saturated carbocycles. The molecule has 1 fully saturated rings. The normalized spacial score (nSPS) is 30.8. The molecule has 0 aliphatic carbocycles. The van der Waals surface area contributed by atoms with Gasteiger partial charge in [-0.1, -0.05) is 6.92 Å². The van der Waals surface area contributed by atoms with Crippen molar-refractivity contribution in [2.75, 3.05) is 26.7 Å². The fourth-order valence-electron chi connectivity index (χ4n) is 2.03. The summed E-state index contributed by atoms with van der Waals surface area (Å²) >= 11 is 0. The minimum absolute atomic E-state index is 0.113. The molecule has 0 aromatic rings. The van der Waals surface area contributed by atoms with Gasteiger partial charge in [0.05, 0.1) is 7.11 Å². The summed E-state index contributed by atoms with van der Waals surface area (Å²) in [6.07, 6.45) is 0.998. The minimum Gasteiger partial charge on any atom is -0.467 e. The van der Waals surface area contributed by atoms with Gasteiger partial charge in [0.25, 0.3) is 0 Å². The maximum absolute atomic E-state index is 11.3. The van der Waals surface area contributed by atoms with Crippen LogP contribution in [-0.4, -0.2) is 54.4 Å². The van der Waals surface area contributed by atoms with Gasteiger partial charge in [-0.05, 0) is 25.8 Å². The molecule has 1 aliphatic heterocycles. The molecule has 5 nitrogen and oxygen atoms in total. The Morgan fingerprint density at radius 3 is 2.81 bits per heavy atom. The molecule has 0 radical (unpaired) electrons. The van der Waals surface area contributed by atoms with Crippen LogP contribution in [-0.2, 0) is 9.53 Å². The number of carbonyl (C=O) groups excluding carboxylic acids is 1. The van der Waals surface area contributed by atoms with Crippen molar-refractivity contribution in [2.45, 2.75) is 31.9 Å². The zero-order chi connectivity index (χ0) is 12.3. The van der Waals surface area contributed by atoms with E-state index in [0.29, 0.717) is 12.5 Å². The van der Waals surface area contributed by atoms with Crippen LogP contribution in [0.5, 0.6) is 0 Å². The molecular formula is C11H22N2O3. The second kappa shape index (κ2) is 5.12. The van der Waals surface area contributed by atoms with E-state index in [2.05, 4.69) is 11.7 Å². The highest BCUT2D eigenvalue weighted by Crippen LogP contribution is 2.18. The van der Waals surface area contributed by atoms with E-state index in [9.17, 15) is 9.90 Å². The predicted octanol–water partition coefficient (Wildman–Crippen LogP) is -0.420. The van der Waals surface area contributed by atoms with E-state index in [4.69, 9.17) is 5.73 Å². The monoisotopic (exact) mass is 230 g/mol. The number of rotatable bonds is 3. The molecule has 0 spiro atoms. The summed E-state index contributed by atoms with van der Waals surface area (Å²) in [6, 6.07) is 0.113. The summed E-state index contributed by atoms with van der Waals surface area (Å²) in [7, 11) is 1.28. The zero-order valence-corrected chi connectivity index (χ0v) is 10.3. The third kappa shape index (κ3) is 3.17. The quantitative estimate of drug-likeness (QED) is 0.644. The Balaban J connectivity index is 2.51. The van der Waals surface area contributed by atoms with E-state index in [-0.39, 0.29) is 12.6 Å². The number of piperidine rings is 1. The molecule has 3 atom stereocenters. The van der Waals surface area contributed by atoms with Crippen LogP contribution in [0.2, 0.25) is 0 Å². The number of β-amino-alcohol motifs (C(OH)–C–C–N with tert-alkyl or cyclic N) is 1. The van der Waals surface area contributed by atoms with Crippen molar-refractivity contribution in [1.82, 2.24) is 4.90 Å². The topological polar surface area (TPSA) is 75.8 Å². The molecule has 3 N–H and O–H groups in total. The van der Waals surface area contributed by atoms with Crippen LogP contribution in [0.1, 0.15) is 20.3 Å². The number of esters is 1. The summed E-state index contributed by atoms with van der Waals surface area (Å²) in [6.45, 7) is 5.46. The Kier molecular flexibility index (Phi) is 4.29. The molecule has 1 heterocycles. The smallest absolute Gasteiger partial charge is 0.338 e. The van der Waals surface area contributed by atoms with Gasteiger partial charge < -0.3 is 15.6 Å². The number of likely N-dealkylation sites (tertiary alicyclic amines) is 1. The van der Waals surface area contributed by atoms with Crippen molar-refractivity contribution in [3.05, 3.63) is 0 Å². The Morgan fingerprint density at radius 2 is 2.31 bits per heavy atom. The molecule has 16 heavy (non-hydrogen) atoms. The molecule has 1 aliphatic rings. The van der Waals surface area contributed by atoms with Gasteiger partial charge in [0.15, 0.2) is 5.60 Å². The molecule has 94 valence electrons. The lowest BCUT2D eigenvalue weighted by Gasteiger charge is -2.37. The SMILES string of the molecule is COC(=O)C(C)(O)CN1CCC(C)C(N)C1. The summed E-state index contributed by atoms with van der Waals surface area (Å²) in [5, 5.41) is 9.93. The molecule has 0 bridgehead atoms. The van der Waals surface area contributed by atoms with E-state index in [1.54, 1.807) is 0 Å². The lowest BCUT2D eigenvalue weighted by Crippen LogP contribution is -2.54. The first-order chi connectivity index (χ1) is 7.36. The number of methoxy groups -OCH3 is 1. The lowest BCUT2D eigenvalue weighted by molar-refractivity contribution is -0.162. The summed E-state index contributed by atoms with van der Waals surface area (Å²) in [4.78, 5) is 13.3. The molecular weight excluding hydrogens is 208 g/mol. The first-order valence-electron chi connectivity index (χ1n) is 5.65. The molecule has 0 amide bonds. The van der Waals surface area contributed by atoms with Crippen LogP contribution in [0, 0.1) is 5.92 Å². The zero-order valence-electron chi connectivity index (χ0n) is 10.3. The average molecular weight is 230 g/mol. The van der Waals surface area contributed by atoms with E-state index < -0.39 is 11.6 Å². The first kappa shape index (κ1) is 13.4. The number of aliphatic hydroxyl groups is 1. The number of nitrogens with zero attached hydrogens (tertiary/aromatic N) is 1. The molecule has 3 unspecified atom stereocenters. The number of nitrogens with two attached hydrogens (primary N) is 1. The third-order valence-corrected chi connectivity index (χ3v) is 3.26. The standard InChI is InChI=1S/C11H22N2O3/c1-8-4-5-13(6-9(8)12)7-11(2,15)10(14)16-3/h8-9,15H,4-7,12H2,1-3H3. The van der Waals surface area contributed by atoms with Crippen LogP contribution in [0.3, 0.4) is 0 Å². The van der Waals surface area contributed by atoms with Crippen LogP contribution < -0.4 is 5.73 Å². The van der Waals surface area contributed by atoms with Crippen molar-refractivity contribution < 1.29 is 14.6 Å². The van der Waals surface area contributed by atoms with Crippen LogP contribution >= 0.6 is 0 Å². The number of hydrogen-bond acceptors (Lipinski definition) is 5. The van der Waals surface area contributed by atoms with Crippen LogP contribution in [0.4, 0.5) is 0 Å². The van der Waals surface area contributed by atoms with Gasteiger partial charge in [-0.2, -0.15) is 0 Å². The van der Waals surface area contributed by atoms with E-state index in [1.165, 1.54) is 14.0 Å². The highest BCUT2D eigenvalue weighted by molar-refractivity contribution is 5.78. The van der Waals surface area contributed by atoms with Crippen molar-refractivity contribution in [1.29, 1.82) is 0 Å². The lowest BCUT2D eigenvalue weighted by atomic mass is 9.93. The summed E-state index contributed by atoms with van der Waals surface area (Å²) < 4.78 is 4.56. The molecule has 0 aromatic carbocycles. The van der Waals surface area contributed by atoms with E-state index in [0.717, 1.165) is 13.0 Å². The number of ether oxygens (including phenoxy) is 1. The van der Waals surface area contributed by atoms with E-state index >= 15 is 0 Å². The Labute approximate surface area is 96.6 Å². The van der Waals surface area contributed by atoms with Crippen LogP contribution in [0.15, 0.2) is 0 Å². The Bertz CT molecular complexity index is 256. The predicted molar refractivity (Wildman–Crippen MR) is 60.8 cm³/mol. The second-order valence-electron chi connectivity index (χ2n) is 4.93. The van der Waals surface area contributed by atoms with Crippen molar-refractivity contribution >= 4 is 5.97 Å². The summed E-state index contributed by atoms with van der Waals surface area (Å²) in [5.41, 5.74) is 4.51. The number of hydrogen-bond donors (Lipinski definition) is 2. The fourth-order valence-corrected chi connectivity index (χ4v) is 2.03. The molecule has 5 heteroatoms. The minimum atomic E-state index is -1.45. The maximum Gasteiger partial charge on any atom is 0.338 e. The first-order valence-corrected chi connectivity index (χ1v) is 5.65. The molecule has 1 rings (SSSR count). The van der Waals surface area contributed by atoms with E-state index in [1.807, 2.05) is 4.90 Å². The van der Waals surface area contributed by atoms with Gasteiger partial charge in [0.1, 0.15) is 0 Å². The van der Waals surface area contributed by atoms with Gasteiger partial charge in [0.2, 0.25) is 0 Å². The van der Waals surface area contributed by atoms with Gasteiger partial charge >= 0.3 is 5.97 Å². The third-order valence-electron chi connectivity index (χ3n) is 3.26. The second-order valence-corrected chi connectivity index (χ2v) is 4.93. The van der Waals surface area contributed by atoms with Gasteiger partial charge in [0, 0.05) is 19.1 Å². The fraction of sp³-hybridized carbons (Fsp3) is 0.909. The van der Waals surface area contributed by atoms with Crippen LogP contribution in [0.25, 0.3) is 0 Å². The van der Waals surface area contributed by atoms with Crippen molar-refractivity contribution in [2.24, 2.45) is 11.7 Å². The maximum atomic E-state index is 11.3. The van der Waals surface area contributed by atoms with Gasteiger partial charge in [-0.25, -0.2) is 4.79 Å². The number of carbonyl (C=O) groups is 1. The van der Waals surface area contributed by atoms with Crippen molar-refractivity contribution in [3.8, 4) is 0 Å².